The summed E-state index contributed by atoms with van der Waals surface area (Å²) in [6.07, 6.45) is 0.855. The molecule has 9 nitrogen and oxygen atoms in total. The maximum atomic E-state index is 12.0. The minimum atomic E-state index is -3.53. The SMILES string of the molecule is CCCn1nnnc1COC(=O)c1ccc(S(=O)(=O)N(C)C)cc1. The Kier molecular flexibility index (Phi) is 5.62. The molecule has 0 aliphatic rings. The number of sulfonamides is 1. The van der Waals surface area contributed by atoms with E-state index >= 15 is 0 Å². The third-order valence-corrected chi connectivity index (χ3v) is 5.07. The van der Waals surface area contributed by atoms with Gasteiger partial charge in [0, 0.05) is 20.6 Å². The van der Waals surface area contributed by atoms with Gasteiger partial charge in [-0.1, -0.05) is 6.92 Å². The molecular weight excluding hydrogens is 334 g/mol. The second-order valence-corrected chi connectivity index (χ2v) is 7.36. The quantitative estimate of drug-likeness (QED) is 0.674. The predicted octanol–water partition coefficient (Wildman–Crippen LogP) is 0.690. The van der Waals surface area contributed by atoms with Crippen LogP contribution in [0.3, 0.4) is 0 Å². The summed E-state index contributed by atoms with van der Waals surface area (Å²) in [5.74, 6) is -0.119. The largest absolute Gasteiger partial charge is 0.454 e. The van der Waals surface area contributed by atoms with Gasteiger partial charge in [-0.3, -0.25) is 0 Å². The summed E-state index contributed by atoms with van der Waals surface area (Å²) in [6, 6.07) is 5.56. The van der Waals surface area contributed by atoms with Gasteiger partial charge in [0.2, 0.25) is 10.0 Å². The third kappa shape index (κ3) is 3.95. The summed E-state index contributed by atoms with van der Waals surface area (Å²) < 4.78 is 31.8. The summed E-state index contributed by atoms with van der Waals surface area (Å²) in [7, 11) is -0.643. The van der Waals surface area contributed by atoms with Crippen LogP contribution in [0.5, 0.6) is 0 Å². The van der Waals surface area contributed by atoms with Gasteiger partial charge in [0.15, 0.2) is 12.4 Å². The second kappa shape index (κ2) is 7.49. The number of aromatic nitrogens is 4. The Balaban J connectivity index is 2.04. The minimum absolute atomic E-state index is 0.0520. The number of carbonyl (C=O) groups excluding carboxylic acids is 1. The fraction of sp³-hybridized carbons (Fsp3) is 0.429. The topological polar surface area (TPSA) is 107 Å². The van der Waals surface area contributed by atoms with Crippen molar-refractivity contribution in [2.45, 2.75) is 31.4 Å². The molecule has 0 saturated heterocycles. The third-order valence-electron chi connectivity index (χ3n) is 3.24. The van der Waals surface area contributed by atoms with Crippen LogP contribution >= 0.6 is 0 Å². The van der Waals surface area contributed by atoms with E-state index in [1.165, 1.54) is 38.4 Å². The van der Waals surface area contributed by atoms with Gasteiger partial charge in [0.25, 0.3) is 0 Å². The van der Waals surface area contributed by atoms with E-state index in [4.69, 9.17) is 4.74 Å². The summed E-state index contributed by atoms with van der Waals surface area (Å²) in [6.45, 7) is 2.57. The van der Waals surface area contributed by atoms with Crippen molar-refractivity contribution in [2.75, 3.05) is 14.1 Å². The lowest BCUT2D eigenvalue weighted by atomic mass is 10.2. The van der Waals surface area contributed by atoms with E-state index in [9.17, 15) is 13.2 Å². The van der Waals surface area contributed by atoms with Crippen LogP contribution in [0.2, 0.25) is 0 Å². The molecule has 10 heteroatoms. The van der Waals surface area contributed by atoms with E-state index in [1.807, 2.05) is 6.92 Å². The van der Waals surface area contributed by atoms with Crippen molar-refractivity contribution < 1.29 is 17.9 Å². The Bertz CT molecular complexity index is 799. The summed E-state index contributed by atoms with van der Waals surface area (Å²) in [5, 5.41) is 11.2. The highest BCUT2D eigenvalue weighted by atomic mass is 32.2. The van der Waals surface area contributed by atoms with Crippen LogP contribution in [0.1, 0.15) is 29.5 Å². The molecule has 1 heterocycles. The van der Waals surface area contributed by atoms with Crippen LogP contribution in [0.25, 0.3) is 0 Å². The number of hydrogen-bond acceptors (Lipinski definition) is 7. The highest BCUT2D eigenvalue weighted by molar-refractivity contribution is 7.89. The number of tetrazole rings is 1. The van der Waals surface area contributed by atoms with Gasteiger partial charge >= 0.3 is 5.97 Å². The molecule has 24 heavy (non-hydrogen) atoms. The van der Waals surface area contributed by atoms with Crippen molar-refractivity contribution in [3.8, 4) is 0 Å². The predicted molar refractivity (Wildman–Crippen MR) is 84.5 cm³/mol. The van der Waals surface area contributed by atoms with Gasteiger partial charge < -0.3 is 4.74 Å². The first-order valence-electron chi connectivity index (χ1n) is 7.31. The Hall–Kier alpha value is -2.33. The number of hydrogen-bond donors (Lipinski definition) is 0. The Morgan fingerprint density at radius 1 is 1.25 bits per heavy atom. The van der Waals surface area contributed by atoms with Crippen molar-refractivity contribution in [3.05, 3.63) is 35.7 Å². The number of carbonyl (C=O) groups is 1. The summed E-state index contributed by atoms with van der Waals surface area (Å²) in [5.41, 5.74) is 0.252. The van der Waals surface area contributed by atoms with E-state index in [0.717, 1.165) is 10.7 Å². The maximum Gasteiger partial charge on any atom is 0.338 e. The molecule has 0 amide bonds. The number of benzene rings is 1. The fourth-order valence-electron chi connectivity index (χ4n) is 1.90. The van der Waals surface area contributed by atoms with Crippen molar-refractivity contribution in [3.63, 3.8) is 0 Å². The minimum Gasteiger partial charge on any atom is -0.454 e. The first kappa shape index (κ1) is 18.0. The number of esters is 1. The van der Waals surface area contributed by atoms with E-state index < -0.39 is 16.0 Å². The van der Waals surface area contributed by atoms with Crippen molar-refractivity contribution in [1.82, 2.24) is 24.5 Å². The lowest BCUT2D eigenvalue weighted by Crippen LogP contribution is -2.22. The molecule has 0 fully saturated rings. The molecule has 0 N–H and O–H groups in total. The molecule has 0 spiro atoms. The number of rotatable bonds is 7. The van der Waals surface area contributed by atoms with Gasteiger partial charge in [-0.25, -0.2) is 22.2 Å². The molecule has 0 radical (unpaired) electrons. The lowest BCUT2D eigenvalue weighted by molar-refractivity contribution is 0.0456. The summed E-state index contributed by atoms with van der Waals surface area (Å²) in [4.78, 5) is 12.2. The van der Waals surface area contributed by atoms with Crippen LogP contribution in [0.4, 0.5) is 0 Å². The number of nitrogens with zero attached hydrogens (tertiary/aromatic N) is 5. The standard InChI is InChI=1S/C14H19N5O4S/c1-4-9-19-13(15-16-17-19)10-23-14(20)11-5-7-12(8-6-11)24(21,22)18(2)3/h5-8H,4,9-10H2,1-3H3. The Labute approximate surface area is 140 Å². The molecule has 0 bridgehead atoms. The first-order chi connectivity index (χ1) is 11.4. The van der Waals surface area contributed by atoms with E-state index in [-0.39, 0.29) is 17.1 Å². The zero-order chi connectivity index (χ0) is 17.7. The molecule has 0 aliphatic heterocycles. The lowest BCUT2D eigenvalue weighted by Gasteiger charge is -2.11. The van der Waals surface area contributed by atoms with Crippen LogP contribution in [0.15, 0.2) is 29.2 Å². The zero-order valence-electron chi connectivity index (χ0n) is 13.7. The molecule has 130 valence electrons. The van der Waals surface area contributed by atoms with Gasteiger partial charge in [-0.2, -0.15) is 0 Å². The van der Waals surface area contributed by atoms with Crippen LogP contribution in [-0.4, -0.2) is 53.0 Å². The highest BCUT2D eigenvalue weighted by Gasteiger charge is 2.18. The molecular formula is C14H19N5O4S. The van der Waals surface area contributed by atoms with Crippen LogP contribution < -0.4 is 0 Å². The van der Waals surface area contributed by atoms with Crippen LogP contribution in [-0.2, 0) is 27.9 Å². The zero-order valence-corrected chi connectivity index (χ0v) is 14.5. The molecule has 2 rings (SSSR count). The number of aryl methyl sites for hydroxylation is 1. The van der Waals surface area contributed by atoms with Gasteiger partial charge in [0.05, 0.1) is 10.5 Å². The molecule has 1 aromatic heterocycles. The van der Waals surface area contributed by atoms with Gasteiger partial charge in [-0.05, 0) is 41.1 Å². The van der Waals surface area contributed by atoms with Crippen molar-refractivity contribution in [2.24, 2.45) is 0 Å². The second-order valence-electron chi connectivity index (χ2n) is 5.21. The number of ether oxygens (including phenoxy) is 1. The molecule has 2 aromatic rings. The van der Waals surface area contributed by atoms with Crippen LogP contribution in [0, 0.1) is 0 Å². The Morgan fingerprint density at radius 2 is 1.92 bits per heavy atom. The van der Waals surface area contributed by atoms with Gasteiger partial charge in [0.1, 0.15) is 0 Å². The molecule has 0 saturated carbocycles. The normalized spacial score (nSPS) is 11.7. The Morgan fingerprint density at radius 3 is 2.50 bits per heavy atom. The van der Waals surface area contributed by atoms with E-state index in [1.54, 1.807) is 4.68 Å². The molecule has 0 aliphatic carbocycles. The van der Waals surface area contributed by atoms with E-state index in [0.29, 0.717) is 12.4 Å². The molecule has 1 aromatic carbocycles. The van der Waals surface area contributed by atoms with E-state index in [2.05, 4.69) is 15.5 Å². The maximum absolute atomic E-state index is 12.0. The highest BCUT2D eigenvalue weighted by Crippen LogP contribution is 2.14. The molecule has 0 atom stereocenters. The summed E-state index contributed by atoms with van der Waals surface area (Å²) >= 11 is 0. The van der Waals surface area contributed by atoms with Crippen molar-refractivity contribution in [1.29, 1.82) is 0 Å². The monoisotopic (exact) mass is 353 g/mol. The van der Waals surface area contributed by atoms with Gasteiger partial charge in [-0.15, -0.1) is 5.10 Å². The fourth-order valence-corrected chi connectivity index (χ4v) is 2.80. The molecule has 0 unspecified atom stereocenters. The average molecular weight is 353 g/mol. The first-order valence-corrected chi connectivity index (χ1v) is 8.75. The average Bonchev–Trinajstić information content (AvgIpc) is 3.00. The van der Waals surface area contributed by atoms with Crippen molar-refractivity contribution >= 4 is 16.0 Å². The smallest absolute Gasteiger partial charge is 0.338 e.